The van der Waals surface area contributed by atoms with E-state index in [1.807, 2.05) is 13.0 Å². The van der Waals surface area contributed by atoms with Gasteiger partial charge in [0, 0.05) is 13.0 Å². The largest absolute Gasteiger partial charge is 0.490 e. The van der Waals surface area contributed by atoms with E-state index < -0.39 is 24.2 Å². The van der Waals surface area contributed by atoms with Gasteiger partial charge in [0.25, 0.3) is 0 Å². The van der Waals surface area contributed by atoms with E-state index >= 15 is 0 Å². The molecule has 1 rings (SSSR count). The number of rotatable bonds is 8. The lowest BCUT2D eigenvalue weighted by Gasteiger charge is -2.39. The van der Waals surface area contributed by atoms with Gasteiger partial charge in [0.05, 0.1) is 13.2 Å². The topological polar surface area (TPSA) is 108 Å². The Bertz CT molecular complexity index is 498. The number of carboxylic acids is 1. The van der Waals surface area contributed by atoms with Crippen molar-refractivity contribution in [3.8, 4) is 0 Å². The fourth-order valence-electron chi connectivity index (χ4n) is 2.57. The van der Waals surface area contributed by atoms with E-state index in [4.69, 9.17) is 29.8 Å². The predicted molar refractivity (Wildman–Crippen MR) is 95.6 cm³/mol. The van der Waals surface area contributed by atoms with Crippen LogP contribution in [-0.4, -0.2) is 61.8 Å². The summed E-state index contributed by atoms with van der Waals surface area (Å²) in [4.78, 5) is 20.4. The first-order valence-corrected chi connectivity index (χ1v) is 9.09. The highest BCUT2D eigenvalue weighted by atomic mass is 19.4. The number of ether oxygens (including phenoxy) is 3. The first kappa shape index (κ1) is 26.4. The molecule has 28 heavy (non-hydrogen) atoms. The van der Waals surface area contributed by atoms with Gasteiger partial charge in [-0.1, -0.05) is 38.8 Å². The van der Waals surface area contributed by atoms with Gasteiger partial charge in [-0.15, -0.1) is 0 Å². The lowest BCUT2D eigenvalue weighted by Crippen LogP contribution is -2.52. The molecule has 0 unspecified atom stereocenters. The molecular weight excluding hydrogens is 383 g/mol. The SMILES string of the molecule is CCCCC/C=C/[C@@H]1OC[C@H](C)[C@H](OC)[C@H]1OC(=O)CN.O=C(O)C(F)(F)F. The second kappa shape index (κ2) is 13.5. The molecule has 0 aromatic heterocycles. The number of carboxylic acid groups (broad SMARTS) is 1. The van der Waals surface area contributed by atoms with Crippen LogP contribution in [0.4, 0.5) is 13.2 Å². The number of allylic oxidation sites excluding steroid dienone is 1. The van der Waals surface area contributed by atoms with Crippen molar-refractivity contribution >= 4 is 11.9 Å². The van der Waals surface area contributed by atoms with Gasteiger partial charge in [-0.25, -0.2) is 4.79 Å². The van der Waals surface area contributed by atoms with Crippen LogP contribution in [0.2, 0.25) is 0 Å². The number of hydrogen-bond donors (Lipinski definition) is 2. The Kier molecular flexibility index (Phi) is 12.7. The van der Waals surface area contributed by atoms with Gasteiger partial charge in [0.2, 0.25) is 0 Å². The maximum absolute atomic E-state index is 11.5. The zero-order valence-corrected chi connectivity index (χ0v) is 16.4. The normalized spacial score (nSPS) is 25.1. The van der Waals surface area contributed by atoms with Gasteiger partial charge in [-0.3, -0.25) is 4.79 Å². The Morgan fingerprint density at radius 2 is 1.89 bits per heavy atom. The lowest BCUT2D eigenvalue weighted by atomic mass is 9.93. The first-order valence-electron chi connectivity index (χ1n) is 9.09. The highest BCUT2D eigenvalue weighted by Gasteiger charge is 2.40. The molecule has 0 bridgehead atoms. The number of hydrogen-bond acceptors (Lipinski definition) is 6. The van der Waals surface area contributed by atoms with Crippen molar-refractivity contribution in [1.82, 2.24) is 0 Å². The van der Waals surface area contributed by atoms with Crippen LogP contribution in [0.25, 0.3) is 0 Å². The molecule has 0 spiro atoms. The summed E-state index contributed by atoms with van der Waals surface area (Å²) in [5.41, 5.74) is 5.34. The molecule has 0 aromatic rings. The summed E-state index contributed by atoms with van der Waals surface area (Å²) in [7, 11) is 1.64. The van der Waals surface area contributed by atoms with E-state index in [9.17, 15) is 18.0 Å². The van der Waals surface area contributed by atoms with Crippen molar-refractivity contribution in [1.29, 1.82) is 0 Å². The molecule has 3 N–H and O–H groups in total. The molecule has 1 saturated heterocycles. The second-order valence-corrected chi connectivity index (χ2v) is 6.36. The van der Waals surface area contributed by atoms with Crippen LogP contribution >= 0.6 is 0 Å². The van der Waals surface area contributed by atoms with E-state index in [0.29, 0.717) is 6.61 Å². The standard InChI is InChI=1S/C16H29NO4.C2HF3O2/c1-4-5-6-7-8-9-13-16(21-14(18)10-17)15(19-3)12(2)11-20-13;3-2(4,5)1(6)7/h8-9,12-13,15-16H,4-7,10-11,17H2,1-3H3;(H,6,7)/b9-8+;/t12-,13-,15-,16-;/m0./s1. The smallest absolute Gasteiger partial charge is 0.475 e. The molecule has 0 saturated carbocycles. The zero-order chi connectivity index (χ0) is 21.7. The monoisotopic (exact) mass is 413 g/mol. The van der Waals surface area contributed by atoms with Crippen LogP contribution in [0.15, 0.2) is 12.2 Å². The number of esters is 1. The predicted octanol–water partition coefficient (Wildman–Crippen LogP) is 2.68. The number of nitrogens with two attached hydrogens (primary N) is 1. The van der Waals surface area contributed by atoms with Gasteiger partial charge < -0.3 is 25.1 Å². The molecule has 7 nitrogen and oxygen atoms in total. The number of halogens is 3. The van der Waals surface area contributed by atoms with Crippen LogP contribution in [0.3, 0.4) is 0 Å². The zero-order valence-electron chi connectivity index (χ0n) is 16.4. The van der Waals surface area contributed by atoms with Crippen LogP contribution in [0.1, 0.15) is 39.5 Å². The van der Waals surface area contributed by atoms with Gasteiger partial charge in [0.15, 0.2) is 6.10 Å². The van der Waals surface area contributed by atoms with E-state index in [0.717, 1.165) is 12.8 Å². The highest BCUT2D eigenvalue weighted by Crippen LogP contribution is 2.26. The van der Waals surface area contributed by atoms with Gasteiger partial charge in [0.1, 0.15) is 12.2 Å². The van der Waals surface area contributed by atoms with Crippen LogP contribution in [-0.2, 0) is 23.8 Å². The number of aliphatic carboxylic acids is 1. The average Bonchev–Trinajstić information content (AvgIpc) is 2.63. The van der Waals surface area contributed by atoms with Crippen molar-refractivity contribution in [3.05, 3.63) is 12.2 Å². The maximum atomic E-state index is 11.5. The van der Waals surface area contributed by atoms with E-state index in [-0.39, 0.29) is 24.7 Å². The average molecular weight is 413 g/mol. The molecule has 1 heterocycles. The summed E-state index contributed by atoms with van der Waals surface area (Å²) in [6, 6.07) is 0. The Labute approximate surface area is 163 Å². The molecule has 0 aliphatic carbocycles. The van der Waals surface area contributed by atoms with Crippen LogP contribution in [0.5, 0.6) is 0 Å². The molecule has 1 aliphatic heterocycles. The minimum absolute atomic E-state index is 0.131. The fraction of sp³-hybridized carbons (Fsp3) is 0.778. The molecule has 0 aromatic carbocycles. The molecule has 0 radical (unpaired) electrons. The summed E-state index contributed by atoms with van der Waals surface area (Å²) < 4.78 is 48.5. The third kappa shape index (κ3) is 10.0. The molecule has 1 fully saturated rings. The van der Waals surface area contributed by atoms with E-state index in [2.05, 4.69) is 13.0 Å². The summed E-state index contributed by atoms with van der Waals surface area (Å²) in [6.07, 6.45) is 2.75. The maximum Gasteiger partial charge on any atom is 0.490 e. The van der Waals surface area contributed by atoms with Gasteiger partial charge >= 0.3 is 18.1 Å². The fourth-order valence-corrected chi connectivity index (χ4v) is 2.57. The molecule has 10 heteroatoms. The van der Waals surface area contributed by atoms with Crippen molar-refractivity contribution in [2.45, 2.75) is 64.0 Å². The summed E-state index contributed by atoms with van der Waals surface area (Å²) in [5.74, 6) is -3.01. The van der Waals surface area contributed by atoms with E-state index in [1.165, 1.54) is 12.8 Å². The highest BCUT2D eigenvalue weighted by molar-refractivity contribution is 5.73. The second-order valence-electron chi connectivity index (χ2n) is 6.36. The minimum Gasteiger partial charge on any atom is -0.475 e. The van der Waals surface area contributed by atoms with Crippen molar-refractivity contribution in [3.63, 3.8) is 0 Å². The Balaban J connectivity index is 0.000000887. The van der Waals surface area contributed by atoms with Crippen molar-refractivity contribution in [2.75, 3.05) is 20.3 Å². The number of unbranched alkanes of at least 4 members (excludes halogenated alkanes) is 3. The van der Waals surface area contributed by atoms with Gasteiger partial charge in [-0.05, 0) is 12.8 Å². The number of methoxy groups -OCH3 is 1. The molecule has 0 amide bonds. The molecule has 4 atom stereocenters. The first-order chi connectivity index (χ1) is 13.1. The Morgan fingerprint density at radius 3 is 2.36 bits per heavy atom. The number of carbonyl (C=O) groups is 2. The third-order valence-electron chi connectivity index (χ3n) is 4.01. The molecular formula is C18H30F3NO6. The quantitative estimate of drug-likeness (QED) is 0.358. The van der Waals surface area contributed by atoms with Crippen LogP contribution < -0.4 is 5.73 Å². The lowest BCUT2D eigenvalue weighted by molar-refractivity contribution is -0.192. The van der Waals surface area contributed by atoms with E-state index in [1.54, 1.807) is 7.11 Å². The summed E-state index contributed by atoms with van der Waals surface area (Å²) in [5, 5.41) is 7.12. The molecule has 1 aliphatic rings. The van der Waals surface area contributed by atoms with Crippen LogP contribution in [0, 0.1) is 5.92 Å². The summed E-state index contributed by atoms with van der Waals surface area (Å²) >= 11 is 0. The van der Waals surface area contributed by atoms with Crippen molar-refractivity contribution in [2.24, 2.45) is 11.7 Å². The molecule has 164 valence electrons. The minimum atomic E-state index is -5.08. The Morgan fingerprint density at radius 1 is 1.29 bits per heavy atom. The third-order valence-corrected chi connectivity index (χ3v) is 4.01. The summed E-state index contributed by atoms with van der Waals surface area (Å²) in [6.45, 7) is 4.67. The number of alkyl halides is 3. The Hall–Kier alpha value is -1.65. The number of carbonyl (C=O) groups excluding carboxylic acids is 1. The van der Waals surface area contributed by atoms with Crippen molar-refractivity contribution < 1.29 is 42.1 Å². The van der Waals surface area contributed by atoms with Gasteiger partial charge in [-0.2, -0.15) is 13.2 Å².